The third-order valence-corrected chi connectivity index (χ3v) is 3.08. The first-order valence-corrected chi connectivity index (χ1v) is 5.43. The van der Waals surface area contributed by atoms with Gasteiger partial charge in [0.05, 0.1) is 12.2 Å². The second kappa shape index (κ2) is 5.80. The molecule has 1 fully saturated rings. The zero-order valence-corrected chi connectivity index (χ0v) is 10.2. The molecule has 5 atom stereocenters. The maximum atomic E-state index is 5.84. The molecule has 1 heterocycles. The van der Waals surface area contributed by atoms with Gasteiger partial charge in [0, 0.05) is 21.3 Å². The van der Waals surface area contributed by atoms with Gasteiger partial charge in [-0.15, -0.1) is 0 Å². The van der Waals surface area contributed by atoms with Crippen LogP contribution in [0, 0.1) is 0 Å². The van der Waals surface area contributed by atoms with E-state index in [1.165, 1.54) is 0 Å². The van der Waals surface area contributed by atoms with Crippen LogP contribution in [0.3, 0.4) is 0 Å². The van der Waals surface area contributed by atoms with E-state index in [4.69, 9.17) is 18.9 Å². The Labute approximate surface area is 91.8 Å². The Balaban J connectivity index is 2.80. The van der Waals surface area contributed by atoms with Crippen molar-refractivity contribution in [3.63, 3.8) is 0 Å². The van der Waals surface area contributed by atoms with E-state index in [0.29, 0.717) is 0 Å². The maximum absolute atomic E-state index is 5.84. The minimum atomic E-state index is -0.0669. The predicted molar refractivity (Wildman–Crippen MR) is 57.0 cm³/mol. The summed E-state index contributed by atoms with van der Waals surface area (Å²) in [6.45, 7) is 4.10. The lowest BCUT2D eigenvalue weighted by atomic mass is 9.94. The second-order valence-electron chi connectivity index (χ2n) is 3.89. The topological polar surface area (TPSA) is 36.9 Å². The normalized spacial score (nSPS) is 41.8. The Morgan fingerprint density at radius 3 is 1.87 bits per heavy atom. The van der Waals surface area contributed by atoms with Crippen LogP contribution in [0.15, 0.2) is 0 Å². The SMILES string of the molecule is CC[C@H]1OC(C)[C@H](OC)[C@@H](OC)[C@@H]1OC. The van der Waals surface area contributed by atoms with Gasteiger partial charge in [0.25, 0.3) is 0 Å². The van der Waals surface area contributed by atoms with Gasteiger partial charge in [0.2, 0.25) is 0 Å². The molecule has 1 rings (SSSR count). The molecule has 0 amide bonds. The number of hydrogen-bond acceptors (Lipinski definition) is 4. The van der Waals surface area contributed by atoms with Crippen LogP contribution in [0.1, 0.15) is 20.3 Å². The van der Waals surface area contributed by atoms with E-state index in [1.807, 2.05) is 6.92 Å². The van der Waals surface area contributed by atoms with Crippen molar-refractivity contribution in [3.05, 3.63) is 0 Å². The van der Waals surface area contributed by atoms with Gasteiger partial charge in [-0.05, 0) is 13.3 Å². The number of ether oxygens (including phenoxy) is 4. The molecule has 0 saturated carbocycles. The number of methoxy groups -OCH3 is 3. The molecular weight excluding hydrogens is 196 g/mol. The minimum Gasteiger partial charge on any atom is -0.376 e. The molecule has 0 aliphatic carbocycles. The highest BCUT2D eigenvalue weighted by molar-refractivity contribution is 4.92. The Kier molecular flexibility index (Phi) is 4.99. The lowest BCUT2D eigenvalue weighted by Gasteiger charge is -2.43. The molecule has 15 heavy (non-hydrogen) atoms. The monoisotopic (exact) mass is 218 g/mol. The van der Waals surface area contributed by atoms with Crippen LogP contribution in [0.4, 0.5) is 0 Å². The van der Waals surface area contributed by atoms with Gasteiger partial charge in [-0.2, -0.15) is 0 Å². The Bertz CT molecular complexity index is 185. The summed E-state index contributed by atoms with van der Waals surface area (Å²) >= 11 is 0. The zero-order chi connectivity index (χ0) is 11.4. The summed E-state index contributed by atoms with van der Waals surface area (Å²) in [7, 11) is 5.05. The molecule has 1 unspecified atom stereocenters. The van der Waals surface area contributed by atoms with Crippen LogP contribution in [0.2, 0.25) is 0 Å². The second-order valence-corrected chi connectivity index (χ2v) is 3.89. The minimum absolute atomic E-state index is 0.0382. The third kappa shape index (κ3) is 2.50. The molecule has 1 aliphatic heterocycles. The van der Waals surface area contributed by atoms with Crippen LogP contribution in [0.25, 0.3) is 0 Å². The molecule has 4 heteroatoms. The summed E-state index contributed by atoms with van der Waals surface area (Å²) in [6, 6.07) is 0. The predicted octanol–water partition coefficient (Wildman–Crippen LogP) is 1.23. The number of rotatable bonds is 4. The van der Waals surface area contributed by atoms with Crippen LogP contribution in [-0.4, -0.2) is 51.8 Å². The molecular formula is C11H22O4. The summed E-state index contributed by atoms with van der Waals surface area (Å²) in [5, 5.41) is 0. The van der Waals surface area contributed by atoms with Gasteiger partial charge in [0.15, 0.2) is 0 Å². The molecule has 1 saturated heterocycles. The largest absolute Gasteiger partial charge is 0.376 e. The van der Waals surface area contributed by atoms with E-state index >= 15 is 0 Å². The van der Waals surface area contributed by atoms with Crippen molar-refractivity contribution in [1.29, 1.82) is 0 Å². The molecule has 1 aliphatic rings. The average Bonchev–Trinajstić information content (AvgIpc) is 2.27. The quantitative estimate of drug-likeness (QED) is 0.711. The van der Waals surface area contributed by atoms with Crippen LogP contribution in [0.5, 0.6) is 0 Å². The van der Waals surface area contributed by atoms with Crippen molar-refractivity contribution in [3.8, 4) is 0 Å². The van der Waals surface area contributed by atoms with Crippen molar-refractivity contribution < 1.29 is 18.9 Å². The first kappa shape index (κ1) is 12.9. The van der Waals surface area contributed by atoms with E-state index in [0.717, 1.165) is 6.42 Å². The fraction of sp³-hybridized carbons (Fsp3) is 1.00. The standard InChI is InChI=1S/C11H22O4/c1-6-8-10(13-4)11(14-5)9(12-3)7(2)15-8/h7-11H,6H2,1-5H3/t7?,8-,9+,10-,11-/m1/s1. The van der Waals surface area contributed by atoms with E-state index < -0.39 is 0 Å². The van der Waals surface area contributed by atoms with Crippen LogP contribution >= 0.6 is 0 Å². The van der Waals surface area contributed by atoms with E-state index in [2.05, 4.69) is 6.92 Å². The Morgan fingerprint density at radius 1 is 0.933 bits per heavy atom. The molecule has 0 aromatic carbocycles. The maximum Gasteiger partial charge on any atom is 0.114 e. The van der Waals surface area contributed by atoms with Crippen molar-refractivity contribution in [2.45, 2.75) is 50.8 Å². The van der Waals surface area contributed by atoms with Crippen molar-refractivity contribution >= 4 is 0 Å². The molecule has 4 nitrogen and oxygen atoms in total. The summed E-state index contributed by atoms with van der Waals surface area (Å²) < 4.78 is 22.2. The van der Waals surface area contributed by atoms with E-state index in [1.54, 1.807) is 21.3 Å². The zero-order valence-electron chi connectivity index (χ0n) is 10.2. The molecule has 0 spiro atoms. The lowest BCUT2D eigenvalue weighted by Crippen LogP contribution is -2.58. The lowest BCUT2D eigenvalue weighted by molar-refractivity contribution is -0.238. The third-order valence-electron chi connectivity index (χ3n) is 3.08. The molecule has 0 aromatic heterocycles. The molecule has 0 N–H and O–H groups in total. The molecule has 0 bridgehead atoms. The van der Waals surface area contributed by atoms with Gasteiger partial charge >= 0.3 is 0 Å². The fourth-order valence-corrected chi connectivity index (χ4v) is 2.30. The van der Waals surface area contributed by atoms with Gasteiger partial charge in [-0.3, -0.25) is 0 Å². The Morgan fingerprint density at radius 2 is 1.47 bits per heavy atom. The van der Waals surface area contributed by atoms with E-state index in [-0.39, 0.29) is 30.5 Å². The summed E-state index contributed by atoms with van der Waals surface area (Å²) in [6.07, 6.45) is 0.856. The first-order valence-electron chi connectivity index (χ1n) is 5.43. The van der Waals surface area contributed by atoms with E-state index in [9.17, 15) is 0 Å². The molecule has 0 radical (unpaired) electrons. The van der Waals surface area contributed by atoms with Gasteiger partial charge in [0.1, 0.15) is 18.3 Å². The fourth-order valence-electron chi connectivity index (χ4n) is 2.30. The summed E-state index contributed by atoms with van der Waals surface area (Å²) in [4.78, 5) is 0. The highest BCUT2D eigenvalue weighted by Crippen LogP contribution is 2.28. The number of hydrogen-bond donors (Lipinski definition) is 0. The van der Waals surface area contributed by atoms with Crippen molar-refractivity contribution in [1.82, 2.24) is 0 Å². The average molecular weight is 218 g/mol. The smallest absolute Gasteiger partial charge is 0.114 e. The van der Waals surface area contributed by atoms with Gasteiger partial charge in [-0.1, -0.05) is 6.92 Å². The van der Waals surface area contributed by atoms with Gasteiger partial charge < -0.3 is 18.9 Å². The van der Waals surface area contributed by atoms with Crippen molar-refractivity contribution in [2.24, 2.45) is 0 Å². The highest BCUT2D eigenvalue weighted by atomic mass is 16.6. The van der Waals surface area contributed by atoms with Gasteiger partial charge in [-0.25, -0.2) is 0 Å². The Hall–Kier alpha value is -0.160. The molecule has 0 aromatic rings. The highest BCUT2D eigenvalue weighted by Gasteiger charge is 2.44. The summed E-state index contributed by atoms with van der Waals surface area (Å²) in [5.41, 5.74) is 0. The van der Waals surface area contributed by atoms with Crippen LogP contribution in [-0.2, 0) is 18.9 Å². The summed E-state index contributed by atoms with van der Waals surface area (Å²) in [5.74, 6) is 0. The first-order chi connectivity index (χ1) is 7.19. The molecule has 90 valence electrons. The van der Waals surface area contributed by atoms with Crippen molar-refractivity contribution in [2.75, 3.05) is 21.3 Å². The van der Waals surface area contributed by atoms with Crippen LogP contribution < -0.4 is 0 Å².